The monoisotopic (exact) mass is 263 g/mol. The Kier molecular flexibility index (Phi) is 5.67. The van der Waals surface area contributed by atoms with Gasteiger partial charge in [-0.1, -0.05) is 12.1 Å². The van der Waals surface area contributed by atoms with E-state index in [1.54, 1.807) is 0 Å². The Morgan fingerprint density at radius 2 is 2.05 bits per heavy atom. The van der Waals surface area contributed by atoms with Crippen molar-refractivity contribution in [2.24, 2.45) is 5.92 Å². The third-order valence-electron chi connectivity index (χ3n) is 3.91. The maximum Gasteiger partial charge on any atom is 0.119 e. The third-order valence-corrected chi connectivity index (χ3v) is 3.91. The molecular weight excluding hydrogens is 238 g/mol. The van der Waals surface area contributed by atoms with Crippen molar-refractivity contribution in [3.63, 3.8) is 0 Å². The minimum absolute atomic E-state index is 0.350. The van der Waals surface area contributed by atoms with Gasteiger partial charge < -0.3 is 15.2 Å². The Balaban J connectivity index is 1.77. The Morgan fingerprint density at radius 1 is 1.26 bits per heavy atom. The summed E-state index contributed by atoms with van der Waals surface area (Å²) >= 11 is 0. The van der Waals surface area contributed by atoms with E-state index >= 15 is 0 Å². The van der Waals surface area contributed by atoms with E-state index < -0.39 is 0 Å². The van der Waals surface area contributed by atoms with Crippen LogP contribution in [0.1, 0.15) is 38.2 Å². The molecule has 1 aromatic rings. The van der Waals surface area contributed by atoms with Crippen LogP contribution in [0.25, 0.3) is 0 Å². The van der Waals surface area contributed by atoms with Gasteiger partial charge >= 0.3 is 0 Å². The molecule has 1 saturated carbocycles. The van der Waals surface area contributed by atoms with E-state index in [0.717, 1.165) is 25.1 Å². The zero-order valence-electron chi connectivity index (χ0n) is 11.8. The highest BCUT2D eigenvalue weighted by molar-refractivity contribution is 5.28. The van der Waals surface area contributed by atoms with Crippen LogP contribution in [-0.2, 0) is 6.54 Å². The molecule has 1 aliphatic carbocycles. The van der Waals surface area contributed by atoms with Crippen molar-refractivity contribution in [2.75, 3.05) is 13.2 Å². The quantitative estimate of drug-likeness (QED) is 0.829. The molecule has 1 aromatic carbocycles. The van der Waals surface area contributed by atoms with Crippen LogP contribution in [0.3, 0.4) is 0 Å². The summed E-state index contributed by atoms with van der Waals surface area (Å²) in [6, 6.07) is 8.88. The molecule has 0 amide bonds. The van der Waals surface area contributed by atoms with Gasteiger partial charge in [-0.3, -0.25) is 0 Å². The normalized spacial score (nSPS) is 23.3. The summed E-state index contributed by atoms with van der Waals surface area (Å²) in [6.07, 6.45) is 4.65. The molecule has 3 nitrogen and oxygen atoms in total. The molecule has 0 atom stereocenters. The molecular formula is C16H25NO2. The number of ether oxygens (including phenoxy) is 1. The molecule has 0 unspecified atom stereocenters. The van der Waals surface area contributed by atoms with Gasteiger partial charge in [-0.2, -0.15) is 0 Å². The Hall–Kier alpha value is -1.06. The fraction of sp³-hybridized carbons (Fsp3) is 0.625. The van der Waals surface area contributed by atoms with Crippen molar-refractivity contribution in [1.29, 1.82) is 0 Å². The van der Waals surface area contributed by atoms with Gasteiger partial charge in [0.1, 0.15) is 5.75 Å². The van der Waals surface area contributed by atoms with E-state index in [1.165, 1.54) is 18.4 Å². The van der Waals surface area contributed by atoms with Gasteiger partial charge in [0.15, 0.2) is 0 Å². The van der Waals surface area contributed by atoms with Crippen LogP contribution in [0, 0.1) is 5.92 Å². The molecule has 0 aliphatic heterocycles. The van der Waals surface area contributed by atoms with Crippen molar-refractivity contribution in [3.8, 4) is 5.75 Å². The second-order valence-electron chi connectivity index (χ2n) is 5.36. The number of rotatable bonds is 6. The summed E-state index contributed by atoms with van der Waals surface area (Å²) in [5, 5.41) is 12.7. The average molecular weight is 263 g/mol. The predicted molar refractivity (Wildman–Crippen MR) is 77.3 cm³/mol. The highest BCUT2D eigenvalue weighted by atomic mass is 16.5. The van der Waals surface area contributed by atoms with Gasteiger partial charge in [-0.05, 0) is 56.2 Å². The summed E-state index contributed by atoms with van der Waals surface area (Å²) in [7, 11) is 0. The first-order chi connectivity index (χ1) is 9.31. The van der Waals surface area contributed by atoms with Crippen LogP contribution in [0.5, 0.6) is 5.75 Å². The predicted octanol–water partition coefficient (Wildman–Crippen LogP) is 2.73. The maximum absolute atomic E-state index is 9.13. The lowest BCUT2D eigenvalue weighted by Gasteiger charge is -2.28. The molecule has 106 valence electrons. The van der Waals surface area contributed by atoms with E-state index in [1.807, 2.05) is 19.1 Å². The second kappa shape index (κ2) is 7.51. The zero-order valence-corrected chi connectivity index (χ0v) is 11.8. The molecule has 0 radical (unpaired) electrons. The van der Waals surface area contributed by atoms with E-state index in [9.17, 15) is 0 Å². The number of aliphatic hydroxyl groups excluding tert-OH is 1. The summed E-state index contributed by atoms with van der Waals surface area (Å²) in [6.45, 7) is 3.96. The second-order valence-corrected chi connectivity index (χ2v) is 5.36. The number of nitrogens with one attached hydrogen (secondary N) is 1. The van der Waals surface area contributed by atoms with E-state index in [2.05, 4.69) is 17.4 Å². The first kappa shape index (κ1) is 14.4. The summed E-state index contributed by atoms with van der Waals surface area (Å²) in [5.74, 6) is 1.48. The van der Waals surface area contributed by atoms with E-state index in [4.69, 9.17) is 9.84 Å². The lowest BCUT2D eigenvalue weighted by molar-refractivity contribution is 0.175. The van der Waals surface area contributed by atoms with Crippen molar-refractivity contribution in [2.45, 2.75) is 45.2 Å². The smallest absolute Gasteiger partial charge is 0.119 e. The van der Waals surface area contributed by atoms with Gasteiger partial charge in [0.05, 0.1) is 6.61 Å². The molecule has 3 heteroatoms. The number of benzene rings is 1. The molecule has 0 aromatic heterocycles. The minimum Gasteiger partial charge on any atom is -0.494 e. The van der Waals surface area contributed by atoms with Crippen molar-refractivity contribution < 1.29 is 9.84 Å². The molecule has 2 N–H and O–H groups in total. The van der Waals surface area contributed by atoms with Gasteiger partial charge in [0, 0.05) is 19.2 Å². The zero-order chi connectivity index (χ0) is 13.5. The summed E-state index contributed by atoms with van der Waals surface area (Å²) < 4.78 is 5.51. The standard InChI is InChI=1S/C16H25NO2/c1-2-19-16-5-3-4-14(10-16)11-17-15-8-6-13(12-18)7-9-15/h3-5,10,13,15,17-18H,2,6-9,11-12H2,1H3. The summed E-state index contributed by atoms with van der Waals surface area (Å²) in [4.78, 5) is 0. The van der Waals surface area contributed by atoms with Crippen LogP contribution < -0.4 is 10.1 Å². The SMILES string of the molecule is CCOc1cccc(CNC2CCC(CO)CC2)c1. The Morgan fingerprint density at radius 3 is 2.74 bits per heavy atom. The molecule has 0 saturated heterocycles. The lowest BCUT2D eigenvalue weighted by atomic mass is 9.86. The highest BCUT2D eigenvalue weighted by Gasteiger charge is 2.19. The van der Waals surface area contributed by atoms with Gasteiger partial charge in [-0.25, -0.2) is 0 Å². The van der Waals surface area contributed by atoms with Crippen LogP contribution in [-0.4, -0.2) is 24.4 Å². The molecule has 19 heavy (non-hydrogen) atoms. The topological polar surface area (TPSA) is 41.5 Å². The largest absolute Gasteiger partial charge is 0.494 e. The van der Waals surface area contributed by atoms with Crippen molar-refractivity contribution in [1.82, 2.24) is 5.32 Å². The number of hydrogen-bond donors (Lipinski definition) is 2. The van der Waals surface area contributed by atoms with Crippen LogP contribution in [0.4, 0.5) is 0 Å². The maximum atomic E-state index is 9.13. The number of hydrogen-bond acceptors (Lipinski definition) is 3. The first-order valence-electron chi connectivity index (χ1n) is 7.37. The van der Waals surface area contributed by atoms with E-state index in [0.29, 0.717) is 25.2 Å². The van der Waals surface area contributed by atoms with Crippen molar-refractivity contribution in [3.05, 3.63) is 29.8 Å². The fourth-order valence-electron chi connectivity index (χ4n) is 2.72. The molecule has 0 spiro atoms. The van der Waals surface area contributed by atoms with Gasteiger partial charge in [-0.15, -0.1) is 0 Å². The molecule has 1 aliphatic rings. The fourth-order valence-corrected chi connectivity index (χ4v) is 2.72. The minimum atomic E-state index is 0.350. The number of aliphatic hydroxyl groups is 1. The van der Waals surface area contributed by atoms with Crippen LogP contribution >= 0.6 is 0 Å². The highest BCUT2D eigenvalue weighted by Crippen LogP contribution is 2.24. The van der Waals surface area contributed by atoms with Crippen molar-refractivity contribution >= 4 is 0 Å². The Bertz CT molecular complexity index is 373. The van der Waals surface area contributed by atoms with E-state index in [-0.39, 0.29) is 0 Å². The van der Waals surface area contributed by atoms with Crippen LogP contribution in [0.15, 0.2) is 24.3 Å². The molecule has 0 heterocycles. The first-order valence-corrected chi connectivity index (χ1v) is 7.37. The van der Waals surface area contributed by atoms with Gasteiger partial charge in [0.2, 0.25) is 0 Å². The lowest BCUT2D eigenvalue weighted by Crippen LogP contribution is -2.33. The van der Waals surface area contributed by atoms with Crippen LogP contribution in [0.2, 0.25) is 0 Å². The summed E-state index contributed by atoms with van der Waals surface area (Å²) in [5.41, 5.74) is 1.27. The molecule has 2 rings (SSSR count). The molecule has 1 fully saturated rings. The van der Waals surface area contributed by atoms with Gasteiger partial charge in [0.25, 0.3) is 0 Å². The molecule has 0 bridgehead atoms. The Labute approximate surface area is 116 Å². The third kappa shape index (κ3) is 4.51. The average Bonchev–Trinajstić information content (AvgIpc) is 2.46.